The molecule has 0 aliphatic carbocycles. The Kier molecular flexibility index (Phi) is 5.63. The third kappa shape index (κ3) is 3.85. The summed E-state index contributed by atoms with van der Waals surface area (Å²) in [5.41, 5.74) is 2.04. The van der Waals surface area contributed by atoms with Crippen molar-refractivity contribution in [1.82, 2.24) is 10.2 Å². The average molecular weight is 514 g/mol. The molecular weight excluding hydrogens is 495 g/mol. The minimum atomic E-state index is -0.442. The van der Waals surface area contributed by atoms with Crippen LogP contribution in [0.3, 0.4) is 0 Å². The first-order valence-corrected chi connectivity index (χ1v) is 10.3. The number of urea groups is 1. The van der Waals surface area contributed by atoms with Crippen LogP contribution in [0.1, 0.15) is 11.1 Å². The zero-order valence-corrected chi connectivity index (χ0v) is 18.6. The zero-order valence-electron chi connectivity index (χ0n) is 16.4. The van der Waals surface area contributed by atoms with Gasteiger partial charge in [-0.3, -0.25) is 9.69 Å². The van der Waals surface area contributed by atoms with Gasteiger partial charge in [0.05, 0.1) is 10.7 Å². The van der Waals surface area contributed by atoms with Crippen LogP contribution in [0.4, 0.5) is 4.79 Å². The molecule has 1 heterocycles. The van der Waals surface area contributed by atoms with Crippen LogP contribution in [0.2, 0.25) is 0 Å². The van der Waals surface area contributed by atoms with E-state index >= 15 is 0 Å². The van der Waals surface area contributed by atoms with Crippen molar-refractivity contribution in [3.05, 3.63) is 75.0 Å². The van der Waals surface area contributed by atoms with E-state index in [2.05, 4.69) is 46.1 Å². The van der Waals surface area contributed by atoms with E-state index in [1.807, 2.05) is 30.3 Å². The molecule has 1 fully saturated rings. The van der Waals surface area contributed by atoms with Gasteiger partial charge < -0.3 is 14.8 Å². The van der Waals surface area contributed by atoms with Gasteiger partial charge in [0.2, 0.25) is 0 Å². The maximum atomic E-state index is 12.1. The van der Waals surface area contributed by atoms with Crippen LogP contribution in [0.15, 0.2) is 60.3 Å². The van der Waals surface area contributed by atoms with Crippen molar-refractivity contribution in [2.24, 2.45) is 0 Å². The van der Waals surface area contributed by atoms with Crippen molar-refractivity contribution in [3.63, 3.8) is 0 Å². The standard InChI is InChI=1S/C23H19IN2O4/c1-26-22(27)19(25-23(26)28)11-14-10-18(24)21(20(12-14)29-2)30-13-16-8-5-7-15-6-3-4-9-17(15)16/h3-12H,13H2,1-2H3,(H,25,28)/b19-11+. The number of halogens is 1. The Bertz CT molecular complexity index is 1180. The van der Waals surface area contributed by atoms with Crippen molar-refractivity contribution in [3.8, 4) is 11.5 Å². The number of hydrogen-bond donors (Lipinski definition) is 1. The molecule has 0 radical (unpaired) electrons. The van der Waals surface area contributed by atoms with E-state index in [9.17, 15) is 9.59 Å². The fourth-order valence-corrected chi connectivity index (χ4v) is 4.10. The SMILES string of the molecule is COc1cc(/C=C2/NC(=O)N(C)C2=O)cc(I)c1OCc1cccc2ccccc12. The minimum absolute atomic E-state index is 0.227. The summed E-state index contributed by atoms with van der Waals surface area (Å²) in [7, 11) is 3.01. The molecule has 30 heavy (non-hydrogen) atoms. The number of nitrogens with zero attached hydrogens (tertiary/aromatic N) is 1. The van der Waals surface area contributed by atoms with Gasteiger partial charge in [0.25, 0.3) is 5.91 Å². The third-order valence-corrected chi connectivity index (χ3v) is 5.70. The van der Waals surface area contributed by atoms with Crippen LogP contribution in [-0.2, 0) is 11.4 Å². The molecule has 1 N–H and O–H groups in total. The molecule has 0 spiro atoms. The van der Waals surface area contributed by atoms with E-state index in [4.69, 9.17) is 9.47 Å². The molecule has 7 heteroatoms. The number of carbonyl (C=O) groups is 2. The number of fused-ring (bicyclic) bond motifs is 1. The van der Waals surface area contributed by atoms with Crippen LogP contribution in [0.5, 0.6) is 11.5 Å². The molecule has 4 rings (SSSR count). The van der Waals surface area contributed by atoms with Gasteiger partial charge in [-0.2, -0.15) is 0 Å². The van der Waals surface area contributed by atoms with Crippen molar-refractivity contribution >= 4 is 51.4 Å². The number of nitrogens with one attached hydrogen (secondary N) is 1. The van der Waals surface area contributed by atoms with Gasteiger partial charge in [0.15, 0.2) is 11.5 Å². The monoisotopic (exact) mass is 514 g/mol. The lowest BCUT2D eigenvalue weighted by atomic mass is 10.1. The molecular formula is C23H19IN2O4. The quantitative estimate of drug-likeness (QED) is 0.308. The summed E-state index contributed by atoms with van der Waals surface area (Å²) in [6.07, 6.45) is 1.63. The summed E-state index contributed by atoms with van der Waals surface area (Å²) in [5, 5.41) is 4.87. The Morgan fingerprint density at radius 1 is 1.10 bits per heavy atom. The number of methoxy groups -OCH3 is 1. The Labute approximate surface area is 187 Å². The Balaban J connectivity index is 1.62. The molecule has 152 valence electrons. The molecule has 0 aromatic heterocycles. The number of likely N-dealkylation sites (N-methyl/N-ethyl adjacent to an activating group) is 1. The van der Waals surface area contributed by atoms with Crippen LogP contribution in [0.25, 0.3) is 16.8 Å². The summed E-state index contributed by atoms with van der Waals surface area (Å²) < 4.78 is 12.5. The predicted octanol–water partition coefficient (Wildman–Crippen LogP) is 4.55. The van der Waals surface area contributed by atoms with Gasteiger partial charge in [-0.15, -0.1) is 0 Å². The highest BCUT2D eigenvalue weighted by Crippen LogP contribution is 2.35. The second kappa shape index (κ2) is 8.35. The summed E-state index contributed by atoms with van der Waals surface area (Å²) in [6.45, 7) is 0.396. The van der Waals surface area contributed by atoms with Gasteiger partial charge in [0.1, 0.15) is 12.3 Å². The van der Waals surface area contributed by atoms with Gasteiger partial charge in [-0.1, -0.05) is 42.5 Å². The number of rotatable bonds is 5. The second-order valence-electron chi connectivity index (χ2n) is 6.81. The second-order valence-corrected chi connectivity index (χ2v) is 7.98. The molecule has 1 saturated heterocycles. The topological polar surface area (TPSA) is 67.9 Å². The summed E-state index contributed by atoms with van der Waals surface area (Å²) >= 11 is 2.18. The largest absolute Gasteiger partial charge is 0.493 e. The molecule has 3 aromatic carbocycles. The number of benzene rings is 3. The highest BCUT2D eigenvalue weighted by Gasteiger charge is 2.30. The van der Waals surface area contributed by atoms with E-state index in [0.29, 0.717) is 18.1 Å². The molecule has 6 nitrogen and oxygen atoms in total. The van der Waals surface area contributed by atoms with Crippen molar-refractivity contribution < 1.29 is 19.1 Å². The van der Waals surface area contributed by atoms with Crippen LogP contribution in [0, 0.1) is 3.57 Å². The molecule has 3 amide bonds. The lowest BCUT2D eigenvalue weighted by Crippen LogP contribution is -2.25. The zero-order chi connectivity index (χ0) is 21.3. The normalized spacial score (nSPS) is 15.0. The highest BCUT2D eigenvalue weighted by atomic mass is 127. The molecule has 1 aliphatic rings. The fourth-order valence-electron chi connectivity index (χ4n) is 3.32. The number of ether oxygens (including phenoxy) is 2. The maximum Gasteiger partial charge on any atom is 0.328 e. The molecule has 0 saturated carbocycles. The van der Waals surface area contributed by atoms with Crippen molar-refractivity contribution in [2.75, 3.05) is 14.2 Å². The molecule has 0 atom stereocenters. The van der Waals surface area contributed by atoms with Crippen molar-refractivity contribution in [1.29, 1.82) is 0 Å². The molecule has 3 aromatic rings. The first kappa shape index (κ1) is 20.2. The predicted molar refractivity (Wildman–Crippen MR) is 123 cm³/mol. The van der Waals surface area contributed by atoms with Crippen LogP contribution >= 0.6 is 22.6 Å². The maximum absolute atomic E-state index is 12.1. The molecule has 0 bridgehead atoms. The summed E-state index contributed by atoms with van der Waals surface area (Å²) in [6, 6.07) is 17.5. The third-order valence-electron chi connectivity index (χ3n) is 4.90. The van der Waals surface area contributed by atoms with E-state index in [1.54, 1.807) is 19.3 Å². The Morgan fingerprint density at radius 2 is 1.87 bits per heavy atom. The van der Waals surface area contributed by atoms with Gasteiger partial charge >= 0.3 is 6.03 Å². The van der Waals surface area contributed by atoms with Crippen molar-refractivity contribution in [2.45, 2.75) is 6.61 Å². The number of amides is 3. The highest BCUT2D eigenvalue weighted by molar-refractivity contribution is 14.1. The Hall–Kier alpha value is -3.07. The Morgan fingerprint density at radius 3 is 2.60 bits per heavy atom. The number of hydrogen-bond acceptors (Lipinski definition) is 4. The number of carbonyl (C=O) groups excluding carboxylic acids is 2. The van der Waals surface area contributed by atoms with E-state index in [0.717, 1.165) is 30.4 Å². The lowest BCUT2D eigenvalue weighted by molar-refractivity contribution is -0.121. The van der Waals surface area contributed by atoms with Crippen LogP contribution in [-0.4, -0.2) is 31.0 Å². The van der Waals surface area contributed by atoms with E-state index in [1.165, 1.54) is 7.05 Å². The average Bonchev–Trinajstić information content (AvgIpc) is 2.99. The van der Waals surface area contributed by atoms with Gasteiger partial charge in [-0.25, -0.2) is 4.79 Å². The molecule has 1 aliphatic heterocycles. The van der Waals surface area contributed by atoms with E-state index < -0.39 is 6.03 Å². The van der Waals surface area contributed by atoms with E-state index in [-0.39, 0.29) is 11.6 Å². The summed E-state index contributed by atoms with van der Waals surface area (Å²) in [4.78, 5) is 24.8. The smallest absolute Gasteiger partial charge is 0.328 e. The summed E-state index contributed by atoms with van der Waals surface area (Å²) in [5.74, 6) is 0.816. The lowest BCUT2D eigenvalue weighted by Gasteiger charge is -2.15. The van der Waals surface area contributed by atoms with Gasteiger partial charge in [0, 0.05) is 7.05 Å². The fraction of sp³-hybridized carbons (Fsp3) is 0.130. The van der Waals surface area contributed by atoms with Crippen LogP contribution < -0.4 is 14.8 Å². The molecule has 0 unspecified atom stereocenters. The minimum Gasteiger partial charge on any atom is -0.493 e. The van der Waals surface area contributed by atoms with Gasteiger partial charge in [-0.05, 0) is 62.7 Å². The first-order valence-electron chi connectivity index (χ1n) is 9.25. The number of imide groups is 1. The first-order chi connectivity index (χ1) is 14.5.